The van der Waals surface area contributed by atoms with E-state index in [2.05, 4.69) is 34.3 Å². The second-order valence-corrected chi connectivity index (χ2v) is 6.69. The van der Waals surface area contributed by atoms with Gasteiger partial charge in [0, 0.05) is 19.3 Å². The van der Waals surface area contributed by atoms with E-state index in [0.29, 0.717) is 17.0 Å². The van der Waals surface area contributed by atoms with Crippen LogP contribution in [0.15, 0.2) is 59.8 Å². The Morgan fingerprint density at radius 3 is 2.64 bits per heavy atom. The summed E-state index contributed by atoms with van der Waals surface area (Å²) in [5.74, 6) is 1.35. The van der Waals surface area contributed by atoms with Crippen LogP contribution in [0.3, 0.4) is 0 Å². The van der Waals surface area contributed by atoms with E-state index in [1.54, 1.807) is 24.1 Å². The van der Waals surface area contributed by atoms with Crippen molar-refractivity contribution in [1.29, 1.82) is 0 Å². The number of pyridine rings is 2. The number of halogens is 1. The number of hydrogen-bond acceptors (Lipinski definition) is 5. The molecule has 0 aliphatic heterocycles. The molecule has 4 rings (SSSR count). The molecule has 144 valence electrons. The number of rotatable bonds is 4. The number of aryl methyl sites for hydroxylation is 1. The van der Waals surface area contributed by atoms with Gasteiger partial charge in [0.1, 0.15) is 17.8 Å². The predicted octanol–water partition coefficient (Wildman–Crippen LogP) is 3.94. The minimum atomic E-state index is -0.0497. The third kappa shape index (κ3) is 3.48. The van der Waals surface area contributed by atoms with E-state index in [1.165, 1.54) is 0 Å². The van der Waals surface area contributed by atoms with Crippen LogP contribution in [0.5, 0.6) is 0 Å². The Morgan fingerprint density at radius 2 is 1.86 bits per heavy atom. The van der Waals surface area contributed by atoms with Crippen LogP contribution in [0, 0.1) is 0 Å². The first-order valence-corrected chi connectivity index (χ1v) is 8.77. The van der Waals surface area contributed by atoms with Crippen LogP contribution in [0.4, 0.5) is 11.5 Å². The van der Waals surface area contributed by atoms with Crippen molar-refractivity contribution in [3.63, 3.8) is 0 Å². The van der Waals surface area contributed by atoms with Gasteiger partial charge in [-0.25, -0.2) is 4.98 Å². The van der Waals surface area contributed by atoms with Crippen LogP contribution in [0.25, 0.3) is 22.3 Å². The van der Waals surface area contributed by atoms with E-state index in [0.717, 1.165) is 16.8 Å². The summed E-state index contributed by atoms with van der Waals surface area (Å²) in [5, 5.41) is 13.0. The van der Waals surface area contributed by atoms with Gasteiger partial charge in [0.15, 0.2) is 5.82 Å². The average Bonchev–Trinajstić information content (AvgIpc) is 3.15. The molecule has 0 aliphatic carbocycles. The first-order valence-electron chi connectivity index (χ1n) is 8.77. The maximum Gasteiger partial charge on any atom is 0.260 e. The molecule has 7 nitrogen and oxygen atoms in total. The topological polar surface area (TPSA) is 77.6 Å². The lowest BCUT2D eigenvalue weighted by molar-refractivity contribution is 0.603. The van der Waals surface area contributed by atoms with Crippen molar-refractivity contribution in [3.05, 3.63) is 65.3 Å². The summed E-state index contributed by atoms with van der Waals surface area (Å²) >= 11 is 0. The lowest BCUT2D eigenvalue weighted by Gasteiger charge is -2.12. The molecule has 8 heteroatoms. The zero-order valence-corrected chi connectivity index (χ0v) is 16.6. The first kappa shape index (κ1) is 19.6. The summed E-state index contributed by atoms with van der Waals surface area (Å²) in [6.07, 6.45) is 3.47. The van der Waals surface area contributed by atoms with Crippen LogP contribution >= 0.6 is 12.4 Å². The van der Waals surface area contributed by atoms with E-state index in [-0.39, 0.29) is 24.0 Å². The third-order valence-corrected chi connectivity index (χ3v) is 4.48. The van der Waals surface area contributed by atoms with Crippen molar-refractivity contribution in [2.24, 2.45) is 7.05 Å². The molecule has 0 radical (unpaired) electrons. The number of anilines is 2. The Balaban J connectivity index is 0.00000225. The lowest BCUT2D eigenvalue weighted by atomic mass is 10.1. The lowest BCUT2D eigenvalue weighted by Crippen LogP contribution is -2.16. The van der Waals surface area contributed by atoms with Gasteiger partial charge in [-0.1, -0.05) is 18.2 Å². The van der Waals surface area contributed by atoms with Gasteiger partial charge in [0.05, 0.1) is 11.1 Å². The highest BCUT2D eigenvalue weighted by Gasteiger charge is 2.12. The zero-order valence-electron chi connectivity index (χ0n) is 15.8. The second kappa shape index (κ2) is 7.82. The largest absolute Gasteiger partial charge is 0.340 e. The highest BCUT2D eigenvalue weighted by Crippen LogP contribution is 2.25. The van der Waals surface area contributed by atoms with E-state index in [9.17, 15) is 4.79 Å². The summed E-state index contributed by atoms with van der Waals surface area (Å²) in [6.45, 7) is 4.14. The molecule has 1 aromatic carbocycles. The molecule has 0 bridgehead atoms. The molecule has 0 saturated heterocycles. The number of aromatic nitrogens is 5. The number of fused-ring (bicyclic) bond motifs is 1. The van der Waals surface area contributed by atoms with Gasteiger partial charge in [-0.15, -0.1) is 22.6 Å². The minimum absolute atomic E-state index is 0. The number of nitrogens with one attached hydrogen (secondary N) is 1. The van der Waals surface area contributed by atoms with Gasteiger partial charge < -0.3 is 14.5 Å². The molecular formula is C20H21ClN6O. The van der Waals surface area contributed by atoms with E-state index >= 15 is 0 Å². The fourth-order valence-electron chi connectivity index (χ4n) is 3.06. The van der Waals surface area contributed by atoms with Gasteiger partial charge in [-0.2, -0.15) is 0 Å². The molecule has 0 fully saturated rings. The van der Waals surface area contributed by atoms with Crippen LogP contribution in [-0.2, 0) is 7.05 Å². The highest BCUT2D eigenvalue weighted by atomic mass is 35.5. The van der Waals surface area contributed by atoms with Gasteiger partial charge in [-0.3, -0.25) is 4.79 Å². The molecule has 3 heterocycles. The number of benzene rings is 1. The van der Waals surface area contributed by atoms with E-state index < -0.39 is 0 Å². The summed E-state index contributed by atoms with van der Waals surface area (Å²) in [4.78, 5) is 17.3. The molecule has 1 N–H and O–H groups in total. The van der Waals surface area contributed by atoms with Crippen LogP contribution < -0.4 is 10.9 Å². The Bertz CT molecular complexity index is 1180. The first-order chi connectivity index (χ1) is 13.0. The normalized spacial score (nSPS) is 10.9. The second-order valence-electron chi connectivity index (χ2n) is 6.69. The molecule has 0 spiro atoms. The number of hydrogen-bond donors (Lipinski definition) is 1. The maximum absolute atomic E-state index is 12.6. The maximum atomic E-state index is 12.6. The van der Waals surface area contributed by atoms with E-state index in [4.69, 9.17) is 0 Å². The Hall–Kier alpha value is -3.19. The monoisotopic (exact) mass is 396 g/mol. The van der Waals surface area contributed by atoms with Crippen LogP contribution in [0.1, 0.15) is 19.9 Å². The Morgan fingerprint density at radius 1 is 1.07 bits per heavy atom. The van der Waals surface area contributed by atoms with Crippen molar-refractivity contribution < 1.29 is 0 Å². The van der Waals surface area contributed by atoms with Crippen LogP contribution in [-0.4, -0.2) is 24.3 Å². The molecule has 0 atom stereocenters. The van der Waals surface area contributed by atoms with Crippen molar-refractivity contribution in [1.82, 2.24) is 24.3 Å². The summed E-state index contributed by atoms with van der Waals surface area (Å²) in [5.41, 5.74) is 1.40. The summed E-state index contributed by atoms with van der Waals surface area (Å²) < 4.78 is 3.54. The summed E-state index contributed by atoms with van der Waals surface area (Å²) in [7, 11) is 1.75. The van der Waals surface area contributed by atoms with E-state index in [1.807, 2.05) is 47.0 Å². The van der Waals surface area contributed by atoms with Gasteiger partial charge in [0.25, 0.3) is 5.56 Å². The minimum Gasteiger partial charge on any atom is -0.340 e. The van der Waals surface area contributed by atoms with Crippen molar-refractivity contribution >= 4 is 34.7 Å². The molecular weight excluding hydrogens is 376 g/mol. The molecule has 4 aromatic rings. The van der Waals surface area contributed by atoms with Gasteiger partial charge in [0.2, 0.25) is 0 Å². The number of nitrogens with zero attached hydrogens (tertiary/aromatic N) is 5. The fraction of sp³-hybridized carbons (Fsp3) is 0.200. The summed E-state index contributed by atoms with van der Waals surface area (Å²) in [6, 6.07) is 13.6. The molecule has 0 amide bonds. The smallest absolute Gasteiger partial charge is 0.260 e. The highest BCUT2D eigenvalue weighted by molar-refractivity contribution is 5.94. The predicted molar refractivity (Wildman–Crippen MR) is 113 cm³/mol. The zero-order chi connectivity index (χ0) is 19.0. The molecule has 0 saturated carbocycles. The average molecular weight is 397 g/mol. The quantitative estimate of drug-likeness (QED) is 0.565. The Labute approximate surface area is 168 Å². The van der Waals surface area contributed by atoms with Gasteiger partial charge >= 0.3 is 0 Å². The molecule has 0 unspecified atom stereocenters. The molecule has 28 heavy (non-hydrogen) atoms. The Kier molecular flexibility index (Phi) is 5.46. The molecule has 0 aliphatic rings. The van der Waals surface area contributed by atoms with Crippen molar-refractivity contribution in [3.8, 4) is 11.5 Å². The van der Waals surface area contributed by atoms with Crippen molar-refractivity contribution in [2.75, 3.05) is 5.32 Å². The van der Waals surface area contributed by atoms with Gasteiger partial charge in [-0.05, 0) is 43.5 Å². The van der Waals surface area contributed by atoms with Crippen LogP contribution in [0.2, 0.25) is 0 Å². The third-order valence-electron chi connectivity index (χ3n) is 4.48. The fourth-order valence-corrected chi connectivity index (χ4v) is 3.06. The standard InChI is InChI=1S/C20H20N6O.ClH/c1-13(2)26-12-21-24-19(26)16-8-5-9-17(23-16)22-15-7-4-6-14-10-11-25(3)20(27)18(14)15;/h4-13H,1-3H3,(H,22,23);1H. The SMILES string of the molecule is CC(C)n1cnnc1-c1cccc(Nc2cccc3ccn(C)c(=O)c23)n1.Cl. The van der Waals surface area contributed by atoms with Crippen molar-refractivity contribution in [2.45, 2.75) is 19.9 Å². The molecule has 3 aromatic heterocycles.